The Morgan fingerprint density at radius 2 is 1.73 bits per heavy atom. The van der Waals surface area contributed by atoms with E-state index in [0.717, 1.165) is 29.3 Å². The van der Waals surface area contributed by atoms with Gasteiger partial charge in [0.2, 0.25) is 15.9 Å². The molecule has 1 amide bonds. The van der Waals surface area contributed by atoms with Gasteiger partial charge < -0.3 is 21.4 Å². The van der Waals surface area contributed by atoms with Gasteiger partial charge in [-0.3, -0.25) is 4.79 Å². The van der Waals surface area contributed by atoms with E-state index in [1.54, 1.807) is 24.3 Å². The van der Waals surface area contributed by atoms with E-state index in [9.17, 15) is 30.8 Å². The number of sulfonamides is 1. The number of halogens is 4. The Morgan fingerprint density at radius 3 is 2.25 bits per heavy atom. The van der Waals surface area contributed by atoms with Gasteiger partial charge in [-0.15, -0.1) is 0 Å². The average Bonchev–Trinajstić information content (AvgIpc) is 3.66. The van der Waals surface area contributed by atoms with Gasteiger partial charge in [-0.2, -0.15) is 13.2 Å². The average molecular weight is 585 g/mol. The maximum absolute atomic E-state index is 13.7. The second-order valence-electron chi connectivity index (χ2n) is 8.95. The van der Waals surface area contributed by atoms with Crippen LogP contribution in [0.3, 0.4) is 0 Å². The largest absolute Gasteiger partial charge is 0.490 e. The van der Waals surface area contributed by atoms with Crippen molar-refractivity contribution in [2.24, 2.45) is 27.9 Å². The van der Waals surface area contributed by atoms with E-state index in [-0.39, 0.29) is 28.2 Å². The first-order chi connectivity index (χ1) is 18.5. The van der Waals surface area contributed by atoms with Crippen molar-refractivity contribution in [2.45, 2.75) is 30.8 Å². The van der Waals surface area contributed by atoms with Gasteiger partial charge in [-0.1, -0.05) is 23.4 Å². The van der Waals surface area contributed by atoms with Crippen molar-refractivity contribution in [3.05, 3.63) is 71.2 Å². The molecule has 214 valence electrons. The van der Waals surface area contributed by atoms with Crippen molar-refractivity contribution in [1.82, 2.24) is 0 Å². The summed E-state index contributed by atoms with van der Waals surface area (Å²) in [5.41, 5.74) is 9.82. The highest BCUT2D eigenvalue weighted by molar-refractivity contribution is 7.89. The first kappa shape index (κ1) is 30.3. The minimum atomic E-state index is -5.08. The van der Waals surface area contributed by atoms with Crippen molar-refractivity contribution in [3.63, 3.8) is 0 Å². The third-order valence-corrected chi connectivity index (χ3v) is 7.23. The summed E-state index contributed by atoms with van der Waals surface area (Å²) in [7, 11) is -4.04. The molecule has 0 aromatic heterocycles. The van der Waals surface area contributed by atoms with E-state index in [4.69, 9.17) is 26.0 Å². The van der Waals surface area contributed by atoms with Gasteiger partial charge in [0.15, 0.2) is 0 Å². The van der Waals surface area contributed by atoms with Gasteiger partial charge in [0.25, 0.3) is 0 Å². The van der Waals surface area contributed by atoms with Gasteiger partial charge in [0.1, 0.15) is 11.5 Å². The van der Waals surface area contributed by atoms with Gasteiger partial charge in [-0.05, 0) is 66.3 Å². The molecule has 4 rings (SSSR count). The van der Waals surface area contributed by atoms with Crippen molar-refractivity contribution >= 4 is 33.3 Å². The van der Waals surface area contributed by atoms with Crippen LogP contribution in [0.15, 0.2) is 75.4 Å². The first-order valence-corrected chi connectivity index (χ1v) is 13.0. The van der Waals surface area contributed by atoms with Crippen LogP contribution in [0.2, 0.25) is 0 Å². The quantitative estimate of drug-likeness (QED) is 0.201. The van der Waals surface area contributed by atoms with E-state index < -0.39 is 28.0 Å². The van der Waals surface area contributed by atoms with Crippen LogP contribution in [0.25, 0.3) is 11.1 Å². The summed E-state index contributed by atoms with van der Waals surface area (Å²) < 4.78 is 69.1. The van der Waals surface area contributed by atoms with Crippen LogP contribution >= 0.6 is 0 Å². The number of oxime groups is 1. The number of nitrogens with zero attached hydrogens (tertiary/aromatic N) is 1. The number of benzene rings is 2. The monoisotopic (exact) mass is 584 g/mol. The highest BCUT2D eigenvalue weighted by atomic mass is 32.2. The number of hydrogen-bond donors (Lipinski definition) is 5. The SMILES string of the molecule is CC1=C(N)C(=NO)CC=C1[C@H]1C[C@H]1C(=O)Nc1ccc(-c2cc(F)ccc2S(N)(=O)=O)cc1.O=C(O)C(F)(F)F. The summed E-state index contributed by atoms with van der Waals surface area (Å²) in [6.07, 6.45) is -2.04. The number of hydrogen-bond acceptors (Lipinski definition) is 7. The van der Waals surface area contributed by atoms with Gasteiger partial charge in [-0.25, -0.2) is 22.7 Å². The third-order valence-electron chi connectivity index (χ3n) is 6.26. The second-order valence-corrected chi connectivity index (χ2v) is 10.5. The molecule has 2 aliphatic rings. The third kappa shape index (κ3) is 7.04. The van der Waals surface area contributed by atoms with Crippen molar-refractivity contribution in [1.29, 1.82) is 0 Å². The molecule has 0 spiro atoms. The molecule has 1 saturated carbocycles. The lowest BCUT2D eigenvalue weighted by molar-refractivity contribution is -0.192. The number of nitrogens with one attached hydrogen (secondary N) is 1. The zero-order chi connectivity index (χ0) is 30.0. The molecule has 7 N–H and O–H groups in total. The lowest BCUT2D eigenvalue weighted by atomic mass is 9.91. The Labute approximate surface area is 225 Å². The number of primary sulfonamides is 1. The molecule has 15 heteroatoms. The summed E-state index contributed by atoms with van der Waals surface area (Å²) >= 11 is 0. The molecule has 2 atom stereocenters. The minimum absolute atomic E-state index is 0.0488. The molecular weight excluding hydrogens is 560 g/mol. The lowest BCUT2D eigenvalue weighted by Gasteiger charge is -2.17. The maximum atomic E-state index is 13.7. The zero-order valence-corrected chi connectivity index (χ0v) is 21.6. The molecule has 2 aliphatic carbocycles. The van der Waals surface area contributed by atoms with E-state index in [1.165, 1.54) is 0 Å². The number of anilines is 1. The molecule has 10 nitrogen and oxygen atoms in total. The molecule has 0 saturated heterocycles. The van der Waals surface area contributed by atoms with Gasteiger partial charge >= 0.3 is 12.1 Å². The van der Waals surface area contributed by atoms with Gasteiger partial charge in [0.05, 0.1) is 10.6 Å². The van der Waals surface area contributed by atoms with E-state index in [2.05, 4.69) is 10.5 Å². The van der Waals surface area contributed by atoms with Crippen LogP contribution in [0.4, 0.5) is 23.2 Å². The van der Waals surface area contributed by atoms with Gasteiger partial charge in [0, 0.05) is 23.6 Å². The Balaban J connectivity index is 0.000000559. The Morgan fingerprint density at radius 1 is 1.12 bits per heavy atom. The van der Waals surface area contributed by atoms with Crippen LogP contribution in [-0.4, -0.2) is 42.5 Å². The fraction of sp³-hybridized carbons (Fsp3) is 0.240. The molecule has 0 radical (unpaired) electrons. The smallest absolute Gasteiger partial charge is 0.475 e. The molecule has 40 heavy (non-hydrogen) atoms. The highest BCUT2D eigenvalue weighted by Crippen LogP contribution is 2.48. The standard InChI is InChI=1S/C23H23FN4O4S.C2HF3O2/c1-12-16(7-8-20(28-30)22(12)25)18-11-19(18)23(29)27-15-5-2-13(3-6-15)17-10-14(24)4-9-21(17)33(26,31)32;3-2(4,5)1(6)7/h2-7,9-10,18-19,30H,8,11,25H2,1H3,(H,27,29)(H2,26,31,32);(H,6,7)/t18-,19-;/m1./s1. The summed E-state index contributed by atoms with van der Waals surface area (Å²) in [6, 6.07) is 9.70. The van der Waals surface area contributed by atoms with Crippen LogP contribution in [-0.2, 0) is 19.6 Å². The van der Waals surface area contributed by atoms with E-state index in [1.807, 2.05) is 13.0 Å². The normalized spacial score (nSPS) is 19.9. The Hall–Kier alpha value is -4.24. The molecule has 0 aliphatic heterocycles. The number of carboxylic acid groups (broad SMARTS) is 1. The predicted octanol–water partition coefficient (Wildman–Crippen LogP) is 3.74. The summed E-state index contributed by atoms with van der Waals surface area (Å²) in [4.78, 5) is 21.4. The van der Waals surface area contributed by atoms with E-state index in [0.29, 0.717) is 35.5 Å². The number of rotatable bonds is 5. The number of carbonyl (C=O) groups excluding carboxylic acids is 1. The topological polar surface area (TPSA) is 185 Å². The van der Waals surface area contributed by atoms with Crippen LogP contribution in [0.1, 0.15) is 19.8 Å². The van der Waals surface area contributed by atoms with Crippen LogP contribution < -0.4 is 16.2 Å². The predicted molar refractivity (Wildman–Crippen MR) is 136 cm³/mol. The van der Waals surface area contributed by atoms with Crippen molar-refractivity contribution < 1.29 is 45.9 Å². The number of allylic oxidation sites excluding steroid dienone is 4. The number of alkyl halides is 3. The number of nitrogens with two attached hydrogens (primary N) is 2. The molecule has 0 unspecified atom stereocenters. The molecular formula is C25H24F4N4O6S. The number of aliphatic carboxylic acids is 1. The number of amides is 1. The lowest BCUT2D eigenvalue weighted by Crippen LogP contribution is -2.21. The molecule has 2 aromatic rings. The summed E-state index contributed by atoms with van der Waals surface area (Å²) in [5.74, 6) is -3.64. The van der Waals surface area contributed by atoms with Crippen molar-refractivity contribution in [3.8, 4) is 11.1 Å². The minimum Gasteiger partial charge on any atom is -0.475 e. The number of carbonyl (C=O) groups is 2. The molecule has 0 heterocycles. The molecule has 2 aromatic carbocycles. The zero-order valence-electron chi connectivity index (χ0n) is 20.7. The fourth-order valence-corrected chi connectivity index (χ4v) is 4.88. The fourth-order valence-electron chi connectivity index (χ4n) is 4.14. The maximum Gasteiger partial charge on any atom is 0.490 e. The highest BCUT2D eigenvalue weighted by Gasteiger charge is 2.46. The Bertz CT molecular complexity index is 1530. The Kier molecular flexibility index (Phi) is 8.69. The van der Waals surface area contributed by atoms with Crippen LogP contribution in [0, 0.1) is 17.7 Å². The second kappa shape index (κ2) is 11.5. The molecule has 0 bridgehead atoms. The first-order valence-electron chi connectivity index (χ1n) is 11.5. The van der Waals surface area contributed by atoms with Crippen molar-refractivity contribution in [2.75, 3.05) is 5.32 Å². The number of carboxylic acids is 1. The molecule has 1 fully saturated rings. The summed E-state index contributed by atoms with van der Waals surface area (Å²) in [6.45, 7) is 1.85. The van der Waals surface area contributed by atoms with E-state index >= 15 is 0 Å². The summed E-state index contributed by atoms with van der Waals surface area (Å²) in [5, 5.41) is 27.4. The van der Waals surface area contributed by atoms with Crippen LogP contribution in [0.5, 0.6) is 0 Å².